The maximum atomic E-state index is 12.0. The Hall–Kier alpha value is -2.15. The van der Waals surface area contributed by atoms with Crippen molar-refractivity contribution in [3.8, 4) is 0 Å². The number of esters is 1. The minimum Gasteiger partial charge on any atom is -0.480 e. The zero-order chi connectivity index (χ0) is 17.8. The van der Waals surface area contributed by atoms with Crippen LogP contribution in [0, 0.1) is 5.92 Å². The summed E-state index contributed by atoms with van der Waals surface area (Å²) in [5.74, 6) is -0.479. The first kappa shape index (κ1) is 17.7. The van der Waals surface area contributed by atoms with Gasteiger partial charge in [-0.3, -0.25) is 14.7 Å². The molecule has 0 amide bonds. The molecular formula is C18H25N3O4. The van der Waals surface area contributed by atoms with Crippen molar-refractivity contribution in [1.29, 1.82) is 0 Å². The van der Waals surface area contributed by atoms with E-state index in [4.69, 9.17) is 9.84 Å². The number of nitrogens with one attached hydrogen (secondary N) is 1. The maximum absolute atomic E-state index is 12.0. The van der Waals surface area contributed by atoms with E-state index in [0.29, 0.717) is 24.1 Å². The van der Waals surface area contributed by atoms with E-state index in [0.717, 1.165) is 25.1 Å². The molecule has 2 aliphatic rings. The molecule has 25 heavy (non-hydrogen) atoms. The number of carboxylic acids is 1. The predicted molar refractivity (Wildman–Crippen MR) is 92.6 cm³/mol. The van der Waals surface area contributed by atoms with Crippen molar-refractivity contribution >= 4 is 17.6 Å². The number of pyridine rings is 1. The van der Waals surface area contributed by atoms with Gasteiger partial charge in [0.2, 0.25) is 0 Å². The molecule has 0 aromatic carbocycles. The van der Waals surface area contributed by atoms with Crippen molar-refractivity contribution in [3.05, 3.63) is 24.0 Å². The molecule has 1 aromatic rings. The quantitative estimate of drug-likeness (QED) is 0.660. The number of carbonyl (C=O) groups excluding carboxylic acids is 1. The van der Waals surface area contributed by atoms with Crippen LogP contribution in [-0.4, -0.2) is 58.7 Å². The van der Waals surface area contributed by atoms with Gasteiger partial charge in [0.05, 0.1) is 18.8 Å². The van der Waals surface area contributed by atoms with E-state index in [-0.39, 0.29) is 18.6 Å². The van der Waals surface area contributed by atoms with Crippen LogP contribution in [0.25, 0.3) is 0 Å². The summed E-state index contributed by atoms with van der Waals surface area (Å²) in [5.41, 5.74) is 1.16. The second-order valence-corrected chi connectivity index (χ2v) is 6.87. The van der Waals surface area contributed by atoms with E-state index >= 15 is 0 Å². The highest BCUT2D eigenvalue weighted by molar-refractivity contribution is 5.95. The molecule has 2 saturated carbocycles. The molecule has 0 radical (unpaired) electrons. The molecule has 3 rings (SSSR count). The van der Waals surface area contributed by atoms with Crippen molar-refractivity contribution < 1.29 is 19.4 Å². The lowest BCUT2D eigenvalue weighted by Crippen LogP contribution is -2.52. The van der Waals surface area contributed by atoms with Gasteiger partial charge in [0, 0.05) is 31.0 Å². The Morgan fingerprint density at radius 3 is 2.80 bits per heavy atom. The van der Waals surface area contributed by atoms with Crippen molar-refractivity contribution in [2.45, 2.75) is 44.7 Å². The molecule has 0 saturated heterocycles. The maximum Gasteiger partial charge on any atom is 0.341 e. The monoisotopic (exact) mass is 347 g/mol. The molecule has 7 heteroatoms. The van der Waals surface area contributed by atoms with Gasteiger partial charge in [0.15, 0.2) is 0 Å². The molecule has 136 valence electrons. The van der Waals surface area contributed by atoms with Gasteiger partial charge in [-0.2, -0.15) is 0 Å². The van der Waals surface area contributed by atoms with E-state index < -0.39 is 5.97 Å². The molecule has 0 unspecified atom stereocenters. The van der Waals surface area contributed by atoms with Crippen LogP contribution in [0.2, 0.25) is 0 Å². The number of aliphatic carboxylic acids is 1. The lowest BCUT2D eigenvalue weighted by atomic mass is 9.85. The highest BCUT2D eigenvalue weighted by Crippen LogP contribution is 2.35. The first-order chi connectivity index (χ1) is 12.1. The van der Waals surface area contributed by atoms with Crippen LogP contribution < -0.4 is 5.32 Å². The van der Waals surface area contributed by atoms with Gasteiger partial charge in [0.25, 0.3) is 0 Å². The fraction of sp³-hybridized carbons (Fsp3) is 0.611. The van der Waals surface area contributed by atoms with Crippen molar-refractivity contribution in [3.63, 3.8) is 0 Å². The SMILES string of the molecule is CCOC(=O)c1cnccc1NC1CC(N(CC(=O)O)CC2CC2)C1. The summed E-state index contributed by atoms with van der Waals surface area (Å²) in [4.78, 5) is 29.2. The summed E-state index contributed by atoms with van der Waals surface area (Å²) in [6.45, 7) is 3.09. The molecule has 0 spiro atoms. The number of ether oxygens (including phenoxy) is 1. The Morgan fingerprint density at radius 1 is 1.40 bits per heavy atom. The summed E-state index contributed by atoms with van der Waals surface area (Å²) in [6.07, 6.45) is 7.34. The smallest absolute Gasteiger partial charge is 0.341 e. The third-order valence-electron chi connectivity index (χ3n) is 4.83. The van der Waals surface area contributed by atoms with Gasteiger partial charge in [-0.25, -0.2) is 4.79 Å². The summed E-state index contributed by atoms with van der Waals surface area (Å²) >= 11 is 0. The van der Waals surface area contributed by atoms with Gasteiger partial charge < -0.3 is 15.2 Å². The first-order valence-corrected chi connectivity index (χ1v) is 8.90. The summed E-state index contributed by atoms with van der Waals surface area (Å²) in [7, 11) is 0. The Labute approximate surface area is 147 Å². The van der Waals surface area contributed by atoms with E-state index in [9.17, 15) is 9.59 Å². The van der Waals surface area contributed by atoms with Gasteiger partial charge in [-0.1, -0.05) is 0 Å². The molecular weight excluding hydrogens is 322 g/mol. The van der Waals surface area contributed by atoms with Crippen LogP contribution in [0.5, 0.6) is 0 Å². The van der Waals surface area contributed by atoms with Crippen molar-refractivity contribution in [2.75, 3.05) is 25.0 Å². The zero-order valence-electron chi connectivity index (χ0n) is 14.5. The van der Waals surface area contributed by atoms with Crippen LogP contribution in [0.4, 0.5) is 5.69 Å². The normalized spacial score (nSPS) is 22.3. The molecule has 2 aliphatic carbocycles. The fourth-order valence-corrected chi connectivity index (χ4v) is 3.26. The van der Waals surface area contributed by atoms with Gasteiger partial charge in [-0.05, 0) is 44.6 Å². The second kappa shape index (κ2) is 7.82. The minimum atomic E-state index is -0.768. The topological polar surface area (TPSA) is 91.8 Å². The van der Waals surface area contributed by atoms with E-state index in [1.807, 2.05) is 0 Å². The van der Waals surface area contributed by atoms with E-state index in [1.54, 1.807) is 19.2 Å². The van der Waals surface area contributed by atoms with E-state index in [1.165, 1.54) is 19.0 Å². The number of carbonyl (C=O) groups is 2. The highest BCUT2D eigenvalue weighted by Gasteiger charge is 2.37. The number of anilines is 1. The van der Waals surface area contributed by atoms with E-state index in [2.05, 4.69) is 15.2 Å². The highest BCUT2D eigenvalue weighted by atomic mass is 16.5. The lowest BCUT2D eigenvalue weighted by Gasteiger charge is -2.43. The number of carboxylic acid groups (broad SMARTS) is 1. The molecule has 2 N–H and O–H groups in total. The van der Waals surface area contributed by atoms with Crippen LogP contribution in [0.1, 0.15) is 43.0 Å². The Morgan fingerprint density at radius 2 is 2.16 bits per heavy atom. The third-order valence-corrected chi connectivity index (χ3v) is 4.83. The van der Waals surface area contributed by atoms with Crippen LogP contribution in [0.3, 0.4) is 0 Å². The minimum absolute atomic E-state index is 0.108. The number of hydrogen-bond donors (Lipinski definition) is 2. The Balaban J connectivity index is 1.56. The van der Waals surface area contributed by atoms with Gasteiger partial charge >= 0.3 is 11.9 Å². The van der Waals surface area contributed by atoms with Gasteiger partial charge in [-0.15, -0.1) is 0 Å². The van der Waals surface area contributed by atoms with Crippen molar-refractivity contribution in [1.82, 2.24) is 9.88 Å². The molecule has 0 aliphatic heterocycles. The summed E-state index contributed by atoms with van der Waals surface area (Å²) in [5, 5.41) is 12.5. The van der Waals surface area contributed by atoms with Crippen LogP contribution in [-0.2, 0) is 9.53 Å². The standard InChI is InChI=1S/C18H25N3O4/c1-2-25-18(24)15-9-19-6-5-16(15)20-13-7-14(8-13)21(11-17(22)23)10-12-3-4-12/h5-6,9,12-14H,2-4,7-8,10-11H2,1H3,(H,19,20)(H,22,23). The molecule has 0 atom stereocenters. The zero-order valence-corrected chi connectivity index (χ0v) is 14.5. The number of aromatic nitrogens is 1. The lowest BCUT2D eigenvalue weighted by molar-refractivity contribution is -0.139. The molecule has 1 aromatic heterocycles. The van der Waals surface area contributed by atoms with Crippen LogP contribution in [0.15, 0.2) is 18.5 Å². The molecule has 2 fully saturated rings. The second-order valence-electron chi connectivity index (χ2n) is 6.87. The largest absolute Gasteiger partial charge is 0.480 e. The Bertz CT molecular complexity index is 627. The molecule has 7 nitrogen and oxygen atoms in total. The Kier molecular flexibility index (Phi) is 5.53. The van der Waals surface area contributed by atoms with Crippen LogP contribution >= 0.6 is 0 Å². The molecule has 1 heterocycles. The van der Waals surface area contributed by atoms with Gasteiger partial charge in [0.1, 0.15) is 5.56 Å². The number of hydrogen-bond acceptors (Lipinski definition) is 6. The summed E-state index contributed by atoms with van der Waals surface area (Å²) < 4.78 is 5.06. The third kappa shape index (κ3) is 4.69. The fourth-order valence-electron chi connectivity index (χ4n) is 3.26. The predicted octanol–water partition coefficient (Wildman–Crippen LogP) is 2.00. The molecule has 0 bridgehead atoms. The number of nitrogens with zero attached hydrogens (tertiary/aromatic N) is 2. The van der Waals surface area contributed by atoms with Crippen molar-refractivity contribution in [2.24, 2.45) is 5.92 Å². The number of rotatable bonds is 9. The average Bonchev–Trinajstić information content (AvgIpc) is 3.34. The first-order valence-electron chi connectivity index (χ1n) is 8.90. The summed E-state index contributed by atoms with van der Waals surface area (Å²) in [6, 6.07) is 2.30. The average molecular weight is 347 g/mol.